The molecule has 0 saturated heterocycles. The Bertz CT molecular complexity index is 409. The zero-order valence-electron chi connectivity index (χ0n) is 7.99. The van der Waals surface area contributed by atoms with E-state index >= 15 is 0 Å². The molecule has 88 valence electrons. The first-order chi connectivity index (χ1) is 7.40. The smallest absolute Gasteiger partial charge is 0.284 e. The van der Waals surface area contributed by atoms with Crippen molar-refractivity contribution >= 4 is 5.69 Å². The second-order valence-corrected chi connectivity index (χ2v) is 3.07. The Morgan fingerprint density at radius 3 is 2.56 bits per heavy atom. The first kappa shape index (κ1) is 12.4. The van der Waals surface area contributed by atoms with Gasteiger partial charge in [0, 0.05) is 19.1 Å². The normalized spacial score (nSPS) is 11.5. The third-order valence-corrected chi connectivity index (χ3v) is 1.98. The molecule has 1 aromatic rings. The molecule has 0 aliphatic carbocycles. The van der Waals surface area contributed by atoms with Crippen LogP contribution in [0.25, 0.3) is 0 Å². The minimum absolute atomic E-state index is 0.716. The van der Waals surface area contributed by atoms with Gasteiger partial charge in [-0.15, -0.1) is 0 Å². The third-order valence-electron chi connectivity index (χ3n) is 1.98. The maximum absolute atomic E-state index is 13.3. The van der Waals surface area contributed by atoms with Crippen molar-refractivity contribution in [1.82, 2.24) is 0 Å². The molecular weight excluding hydrogens is 227 g/mol. The van der Waals surface area contributed by atoms with Gasteiger partial charge >= 0.3 is 0 Å². The number of nitro benzene ring substituents is 1. The predicted molar refractivity (Wildman–Crippen MR) is 48.7 cm³/mol. The number of rotatable bonds is 4. The van der Waals surface area contributed by atoms with E-state index in [1.807, 2.05) is 0 Å². The maximum atomic E-state index is 13.3. The molecule has 0 unspecified atom stereocenters. The van der Waals surface area contributed by atoms with Crippen LogP contribution >= 0.6 is 0 Å². The van der Waals surface area contributed by atoms with Gasteiger partial charge in [-0.1, -0.05) is 6.07 Å². The number of aliphatic hydroxyl groups is 1. The topological polar surface area (TPSA) is 63.4 Å². The Labute approximate surface area is 88.5 Å². The molecule has 0 atom stereocenters. The SMILES string of the molecule is O=[N+]([O-])c1cccc(F)c1C(F)(F)CCO. The summed E-state index contributed by atoms with van der Waals surface area (Å²) in [5.41, 5.74) is -2.27. The fourth-order valence-electron chi connectivity index (χ4n) is 1.29. The number of nitrogens with zero attached hydrogens (tertiary/aromatic N) is 1. The molecule has 0 amide bonds. The molecule has 0 fully saturated rings. The van der Waals surface area contributed by atoms with E-state index < -0.39 is 40.9 Å². The van der Waals surface area contributed by atoms with Crippen LogP contribution in [0.1, 0.15) is 12.0 Å². The lowest BCUT2D eigenvalue weighted by molar-refractivity contribution is -0.387. The van der Waals surface area contributed by atoms with Crippen molar-refractivity contribution in [3.05, 3.63) is 39.7 Å². The number of aliphatic hydroxyl groups excluding tert-OH is 1. The third kappa shape index (κ3) is 2.30. The van der Waals surface area contributed by atoms with Gasteiger partial charge in [-0.05, 0) is 6.07 Å². The van der Waals surface area contributed by atoms with Crippen molar-refractivity contribution in [2.75, 3.05) is 6.61 Å². The van der Waals surface area contributed by atoms with Crippen molar-refractivity contribution in [1.29, 1.82) is 0 Å². The summed E-state index contributed by atoms with van der Waals surface area (Å²) in [6, 6.07) is 2.49. The highest BCUT2D eigenvalue weighted by molar-refractivity contribution is 5.43. The van der Waals surface area contributed by atoms with Crippen LogP contribution in [0.2, 0.25) is 0 Å². The lowest BCUT2D eigenvalue weighted by Crippen LogP contribution is -2.19. The molecule has 0 aliphatic rings. The highest BCUT2D eigenvalue weighted by Crippen LogP contribution is 2.38. The van der Waals surface area contributed by atoms with Crippen molar-refractivity contribution < 1.29 is 23.2 Å². The summed E-state index contributed by atoms with van der Waals surface area (Å²) in [5.74, 6) is -5.12. The van der Waals surface area contributed by atoms with Gasteiger partial charge < -0.3 is 5.11 Å². The van der Waals surface area contributed by atoms with Gasteiger partial charge in [-0.25, -0.2) is 13.2 Å². The van der Waals surface area contributed by atoms with E-state index in [4.69, 9.17) is 5.11 Å². The molecule has 0 aliphatic heterocycles. The average Bonchev–Trinajstić information content (AvgIpc) is 2.16. The fraction of sp³-hybridized carbons (Fsp3) is 0.333. The highest BCUT2D eigenvalue weighted by Gasteiger charge is 2.40. The average molecular weight is 235 g/mol. The van der Waals surface area contributed by atoms with E-state index in [1.165, 1.54) is 0 Å². The van der Waals surface area contributed by atoms with Crippen molar-refractivity contribution in [3.8, 4) is 0 Å². The molecule has 0 spiro atoms. The second-order valence-electron chi connectivity index (χ2n) is 3.07. The summed E-state index contributed by atoms with van der Waals surface area (Å²) in [7, 11) is 0. The highest BCUT2D eigenvalue weighted by atomic mass is 19.3. The molecule has 1 rings (SSSR count). The lowest BCUT2D eigenvalue weighted by Gasteiger charge is -2.15. The van der Waals surface area contributed by atoms with Crippen molar-refractivity contribution in [2.45, 2.75) is 12.3 Å². The summed E-state index contributed by atoms with van der Waals surface area (Å²) in [6.45, 7) is -0.890. The lowest BCUT2D eigenvalue weighted by atomic mass is 10.0. The Morgan fingerprint density at radius 1 is 1.44 bits per heavy atom. The largest absolute Gasteiger partial charge is 0.396 e. The molecule has 4 nitrogen and oxygen atoms in total. The number of halogens is 3. The van der Waals surface area contributed by atoms with E-state index in [2.05, 4.69) is 0 Å². The van der Waals surface area contributed by atoms with Crippen LogP contribution in [0.4, 0.5) is 18.9 Å². The minimum atomic E-state index is -3.76. The van der Waals surface area contributed by atoms with Crippen LogP contribution in [-0.2, 0) is 5.92 Å². The van der Waals surface area contributed by atoms with Crippen LogP contribution in [0.3, 0.4) is 0 Å². The quantitative estimate of drug-likeness (QED) is 0.642. The summed E-state index contributed by atoms with van der Waals surface area (Å²) in [6.07, 6.45) is -1.06. The van der Waals surface area contributed by atoms with Gasteiger partial charge in [0.2, 0.25) is 0 Å². The summed E-state index contributed by atoms with van der Waals surface area (Å²) < 4.78 is 39.8. The van der Waals surface area contributed by atoms with E-state index in [0.717, 1.165) is 12.1 Å². The van der Waals surface area contributed by atoms with Gasteiger partial charge in [0.05, 0.1) is 4.92 Å². The van der Waals surface area contributed by atoms with Crippen LogP contribution in [0.5, 0.6) is 0 Å². The number of nitro groups is 1. The van der Waals surface area contributed by atoms with Crippen LogP contribution < -0.4 is 0 Å². The van der Waals surface area contributed by atoms with Crippen molar-refractivity contribution in [2.24, 2.45) is 0 Å². The molecule has 1 aromatic carbocycles. The number of benzene rings is 1. The molecule has 0 bridgehead atoms. The summed E-state index contributed by atoms with van der Waals surface area (Å²) in [4.78, 5) is 9.39. The number of hydrogen-bond acceptors (Lipinski definition) is 3. The zero-order valence-corrected chi connectivity index (χ0v) is 7.99. The Hall–Kier alpha value is -1.63. The van der Waals surface area contributed by atoms with Crippen LogP contribution in [0, 0.1) is 15.9 Å². The molecule has 1 N–H and O–H groups in total. The standard InChI is InChI=1S/C9H8F3NO3/c10-6-2-1-3-7(13(15)16)8(6)9(11,12)4-5-14/h1-3,14H,4-5H2. The summed E-state index contributed by atoms with van der Waals surface area (Å²) in [5, 5.41) is 18.9. The predicted octanol–water partition coefficient (Wildman–Crippen LogP) is 2.21. The maximum Gasteiger partial charge on any atom is 0.284 e. The minimum Gasteiger partial charge on any atom is -0.396 e. The monoisotopic (exact) mass is 235 g/mol. The summed E-state index contributed by atoms with van der Waals surface area (Å²) >= 11 is 0. The van der Waals surface area contributed by atoms with Gasteiger partial charge in [0.25, 0.3) is 11.6 Å². The zero-order chi connectivity index (χ0) is 12.3. The molecule has 0 aromatic heterocycles. The fourth-order valence-corrected chi connectivity index (χ4v) is 1.29. The number of hydrogen-bond donors (Lipinski definition) is 1. The van der Waals surface area contributed by atoms with Crippen LogP contribution in [0.15, 0.2) is 18.2 Å². The van der Waals surface area contributed by atoms with Gasteiger partial charge in [0.1, 0.15) is 11.4 Å². The van der Waals surface area contributed by atoms with E-state index in [1.54, 1.807) is 0 Å². The van der Waals surface area contributed by atoms with Gasteiger partial charge in [0.15, 0.2) is 0 Å². The molecular formula is C9H8F3NO3. The van der Waals surface area contributed by atoms with E-state index in [-0.39, 0.29) is 0 Å². The molecule has 7 heteroatoms. The van der Waals surface area contributed by atoms with Gasteiger partial charge in [-0.3, -0.25) is 10.1 Å². The molecule has 0 heterocycles. The number of alkyl halides is 2. The first-order valence-corrected chi connectivity index (χ1v) is 4.32. The first-order valence-electron chi connectivity index (χ1n) is 4.32. The Kier molecular flexibility index (Phi) is 3.48. The second kappa shape index (κ2) is 4.48. The van der Waals surface area contributed by atoms with Crippen molar-refractivity contribution in [3.63, 3.8) is 0 Å². The molecule has 16 heavy (non-hydrogen) atoms. The molecule has 0 saturated carbocycles. The van der Waals surface area contributed by atoms with Gasteiger partial charge in [-0.2, -0.15) is 0 Å². The Morgan fingerprint density at radius 2 is 2.06 bits per heavy atom. The van der Waals surface area contributed by atoms with Crippen LogP contribution in [-0.4, -0.2) is 16.6 Å². The Balaban J connectivity index is 3.35. The molecule has 0 radical (unpaired) electrons. The van der Waals surface area contributed by atoms with E-state index in [0.29, 0.717) is 6.07 Å². The van der Waals surface area contributed by atoms with E-state index in [9.17, 15) is 23.3 Å².